The van der Waals surface area contributed by atoms with E-state index in [1.165, 1.54) is 0 Å². The quantitative estimate of drug-likeness (QED) is 0.300. The fraction of sp³-hybridized carbons (Fsp3) is 0.310. The molecule has 3 aromatic rings. The summed E-state index contributed by atoms with van der Waals surface area (Å²) in [6.45, 7) is 6.88. The molecule has 3 atom stereocenters. The van der Waals surface area contributed by atoms with Crippen molar-refractivity contribution in [3.8, 4) is 11.5 Å². The molecule has 8 heteroatoms. The third-order valence-electron chi connectivity index (χ3n) is 7.02. The Bertz CT molecular complexity index is 1450. The molecule has 2 aliphatic rings. The molecule has 37 heavy (non-hydrogen) atoms. The number of benzene rings is 3. The maximum atomic E-state index is 13.3. The smallest absolute Gasteiger partial charge is 0.261 e. The molecule has 0 spiro atoms. The first-order chi connectivity index (χ1) is 17.8. The monoisotopic (exact) mass is 538 g/mol. The second-order valence-corrected chi connectivity index (χ2v) is 11.5. The predicted molar refractivity (Wildman–Crippen MR) is 149 cm³/mol. The zero-order valence-electron chi connectivity index (χ0n) is 21.1. The Balaban J connectivity index is 1.47. The van der Waals surface area contributed by atoms with Crippen LogP contribution in [0, 0.1) is 12.8 Å². The topological polar surface area (TPSA) is 76.7 Å². The van der Waals surface area contributed by atoms with Gasteiger partial charge in [0.2, 0.25) is 0 Å². The highest BCUT2D eigenvalue weighted by atomic mass is 35.5. The molecule has 0 amide bonds. The minimum atomic E-state index is -3.79. The standard InChI is InChI=1S/C29H31ClN2O4S/c1-4-35-27-14-10-19(15-28(27)36-5-2)29-23-8-6-7-22(23)24-17-21(12-13-25(24)31-29)37(33,34)32-26-16-20(30)11-9-18(26)3/h6-7,9-17,22-23,29,31-32H,4-5,8H2,1-3H3/t22-,23+,29+/m0/s1. The van der Waals surface area contributed by atoms with Crippen LogP contribution in [0.5, 0.6) is 11.5 Å². The summed E-state index contributed by atoms with van der Waals surface area (Å²) in [5.74, 6) is 1.83. The van der Waals surface area contributed by atoms with Crippen LogP contribution >= 0.6 is 11.6 Å². The zero-order chi connectivity index (χ0) is 26.2. The molecule has 1 aliphatic heterocycles. The molecule has 3 aromatic carbocycles. The second kappa shape index (κ2) is 10.3. The van der Waals surface area contributed by atoms with Crippen molar-refractivity contribution < 1.29 is 17.9 Å². The van der Waals surface area contributed by atoms with Crippen molar-refractivity contribution in [2.45, 2.75) is 44.0 Å². The van der Waals surface area contributed by atoms with Crippen LogP contribution in [0.1, 0.15) is 48.9 Å². The maximum Gasteiger partial charge on any atom is 0.261 e. The van der Waals surface area contributed by atoms with E-state index in [9.17, 15) is 8.42 Å². The van der Waals surface area contributed by atoms with Gasteiger partial charge in [-0.1, -0.05) is 35.9 Å². The lowest BCUT2D eigenvalue weighted by atomic mass is 9.77. The average molecular weight is 539 g/mol. The van der Waals surface area contributed by atoms with Crippen molar-refractivity contribution in [3.05, 3.63) is 88.5 Å². The Morgan fingerprint density at radius 2 is 1.78 bits per heavy atom. The number of hydrogen-bond donors (Lipinski definition) is 2. The predicted octanol–water partition coefficient (Wildman–Crippen LogP) is 7.07. The van der Waals surface area contributed by atoms with Crippen LogP contribution in [-0.4, -0.2) is 21.6 Å². The van der Waals surface area contributed by atoms with Gasteiger partial charge >= 0.3 is 0 Å². The van der Waals surface area contributed by atoms with Gasteiger partial charge in [-0.05, 0) is 92.3 Å². The number of fused-ring (bicyclic) bond motifs is 3. The summed E-state index contributed by atoms with van der Waals surface area (Å²) in [7, 11) is -3.79. The van der Waals surface area contributed by atoms with Crippen LogP contribution < -0.4 is 19.5 Å². The summed E-state index contributed by atoms with van der Waals surface area (Å²) in [6, 6.07) is 16.6. The molecule has 0 bridgehead atoms. The highest BCUT2D eigenvalue weighted by molar-refractivity contribution is 7.92. The normalized spacial score (nSPS) is 20.1. The first kappa shape index (κ1) is 25.5. The SMILES string of the molecule is CCOc1ccc([C@H]2Nc3ccc(S(=O)(=O)Nc4cc(Cl)ccc4C)cc3[C@H]3C=CC[C@H]32)cc1OCC. The number of sulfonamides is 1. The Morgan fingerprint density at radius 3 is 2.57 bits per heavy atom. The summed E-state index contributed by atoms with van der Waals surface area (Å²) >= 11 is 6.10. The van der Waals surface area contributed by atoms with E-state index in [4.69, 9.17) is 21.1 Å². The molecule has 0 unspecified atom stereocenters. The number of anilines is 2. The van der Waals surface area contributed by atoms with E-state index < -0.39 is 10.0 Å². The minimum absolute atomic E-state index is 0.0528. The van der Waals surface area contributed by atoms with Crippen molar-refractivity contribution >= 4 is 33.0 Å². The van der Waals surface area contributed by atoms with E-state index in [-0.39, 0.29) is 22.8 Å². The summed E-state index contributed by atoms with van der Waals surface area (Å²) in [5.41, 5.74) is 4.31. The summed E-state index contributed by atoms with van der Waals surface area (Å²) in [4.78, 5) is 0.227. The van der Waals surface area contributed by atoms with Crippen LogP contribution in [0.25, 0.3) is 0 Å². The van der Waals surface area contributed by atoms with Crippen LogP contribution in [0.4, 0.5) is 11.4 Å². The van der Waals surface area contributed by atoms with Gasteiger partial charge in [-0.25, -0.2) is 8.42 Å². The Kier molecular flexibility index (Phi) is 7.10. The average Bonchev–Trinajstić information content (AvgIpc) is 3.37. The van der Waals surface area contributed by atoms with Crippen LogP contribution in [0.2, 0.25) is 5.02 Å². The number of hydrogen-bond acceptors (Lipinski definition) is 5. The van der Waals surface area contributed by atoms with Crippen molar-refractivity contribution in [2.24, 2.45) is 5.92 Å². The summed E-state index contributed by atoms with van der Waals surface area (Å²) in [5, 5.41) is 4.16. The number of ether oxygens (including phenoxy) is 2. The van der Waals surface area contributed by atoms with Gasteiger partial charge in [-0.2, -0.15) is 0 Å². The van der Waals surface area contributed by atoms with Gasteiger partial charge in [-0.3, -0.25) is 4.72 Å². The summed E-state index contributed by atoms with van der Waals surface area (Å²) < 4.78 is 40.9. The molecule has 6 nitrogen and oxygen atoms in total. The lowest BCUT2D eigenvalue weighted by molar-refractivity contribution is 0.287. The molecule has 0 fully saturated rings. The van der Waals surface area contributed by atoms with Gasteiger partial charge in [-0.15, -0.1) is 0 Å². The number of rotatable bonds is 8. The van der Waals surface area contributed by atoms with E-state index >= 15 is 0 Å². The van der Waals surface area contributed by atoms with E-state index in [2.05, 4.69) is 34.3 Å². The second-order valence-electron chi connectivity index (χ2n) is 9.36. The number of nitrogens with one attached hydrogen (secondary N) is 2. The number of halogens is 1. The summed E-state index contributed by atoms with van der Waals surface area (Å²) in [6.07, 6.45) is 5.28. The Hall–Kier alpha value is -3.16. The van der Waals surface area contributed by atoms with Gasteiger partial charge in [0.25, 0.3) is 10.0 Å². The molecule has 0 radical (unpaired) electrons. The fourth-order valence-electron chi connectivity index (χ4n) is 5.24. The highest BCUT2D eigenvalue weighted by Crippen LogP contribution is 2.51. The largest absolute Gasteiger partial charge is 0.490 e. The lowest BCUT2D eigenvalue weighted by Crippen LogP contribution is -2.29. The van der Waals surface area contributed by atoms with Crippen molar-refractivity contribution in [3.63, 3.8) is 0 Å². The van der Waals surface area contributed by atoms with Gasteiger partial charge in [0, 0.05) is 16.6 Å². The van der Waals surface area contributed by atoms with Crippen LogP contribution in [0.15, 0.2) is 71.6 Å². The molecular weight excluding hydrogens is 508 g/mol. The first-order valence-corrected chi connectivity index (χ1v) is 14.4. The number of aryl methyl sites for hydroxylation is 1. The maximum absolute atomic E-state index is 13.3. The third kappa shape index (κ3) is 5.03. The molecule has 5 rings (SSSR count). The first-order valence-electron chi connectivity index (χ1n) is 12.6. The zero-order valence-corrected chi connectivity index (χ0v) is 22.7. The molecular formula is C29H31ClN2O4S. The molecule has 0 aromatic heterocycles. The van der Waals surface area contributed by atoms with Crippen LogP contribution in [-0.2, 0) is 10.0 Å². The lowest BCUT2D eigenvalue weighted by Gasteiger charge is -2.38. The molecule has 1 aliphatic carbocycles. The van der Waals surface area contributed by atoms with Crippen molar-refractivity contribution in [2.75, 3.05) is 23.3 Å². The van der Waals surface area contributed by atoms with E-state index in [0.29, 0.717) is 23.9 Å². The Labute approximate surface area is 223 Å². The fourth-order valence-corrected chi connectivity index (χ4v) is 6.57. The van der Waals surface area contributed by atoms with Crippen molar-refractivity contribution in [1.29, 1.82) is 0 Å². The third-order valence-corrected chi connectivity index (χ3v) is 8.61. The van der Waals surface area contributed by atoms with Gasteiger partial charge in [0.05, 0.1) is 29.8 Å². The molecule has 194 valence electrons. The van der Waals surface area contributed by atoms with Gasteiger partial charge in [0.1, 0.15) is 0 Å². The van der Waals surface area contributed by atoms with E-state index in [0.717, 1.165) is 40.3 Å². The Morgan fingerprint density at radius 1 is 1.00 bits per heavy atom. The molecule has 0 saturated heterocycles. The molecule has 2 N–H and O–H groups in total. The van der Waals surface area contributed by atoms with Crippen LogP contribution in [0.3, 0.4) is 0 Å². The minimum Gasteiger partial charge on any atom is -0.490 e. The van der Waals surface area contributed by atoms with Crippen molar-refractivity contribution in [1.82, 2.24) is 0 Å². The van der Waals surface area contributed by atoms with Gasteiger partial charge < -0.3 is 14.8 Å². The number of allylic oxidation sites excluding steroid dienone is 2. The molecule has 0 saturated carbocycles. The highest BCUT2D eigenvalue weighted by Gasteiger charge is 2.38. The van der Waals surface area contributed by atoms with E-state index in [1.807, 2.05) is 32.9 Å². The van der Waals surface area contributed by atoms with E-state index in [1.54, 1.807) is 30.3 Å². The molecule has 1 heterocycles. The van der Waals surface area contributed by atoms with Gasteiger partial charge in [0.15, 0.2) is 11.5 Å².